The summed E-state index contributed by atoms with van der Waals surface area (Å²) in [6.45, 7) is 5.12. The van der Waals surface area contributed by atoms with Crippen molar-refractivity contribution >= 4 is 23.6 Å². The van der Waals surface area contributed by atoms with Gasteiger partial charge in [-0.1, -0.05) is 17.3 Å². The van der Waals surface area contributed by atoms with Crippen LogP contribution in [0, 0.1) is 12.8 Å². The molecule has 0 N–H and O–H groups in total. The Morgan fingerprint density at radius 3 is 2.93 bits per heavy atom. The molecule has 0 saturated carbocycles. The van der Waals surface area contributed by atoms with Gasteiger partial charge in [-0.2, -0.15) is 0 Å². The summed E-state index contributed by atoms with van der Waals surface area (Å²) in [6.07, 6.45) is 1.58. The number of aromatic nitrogens is 1. The number of carbonyl (C=O) groups excluding carboxylic acids is 2. The first kappa shape index (κ1) is 19.5. The number of thioether (sulfide) groups is 1. The van der Waals surface area contributed by atoms with E-state index in [1.165, 1.54) is 0 Å². The second-order valence-electron chi connectivity index (χ2n) is 6.56. The van der Waals surface area contributed by atoms with E-state index in [1.807, 2.05) is 37.3 Å². The number of rotatable bonds is 6. The van der Waals surface area contributed by atoms with Crippen molar-refractivity contribution in [2.75, 3.05) is 19.7 Å². The average Bonchev–Trinajstić information content (AvgIpc) is 3.11. The third-order valence-corrected chi connectivity index (χ3v) is 5.59. The number of benzene rings is 1. The lowest BCUT2D eigenvalue weighted by Crippen LogP contribution is -2.43. The van der Waals surface area contributed by atoms with Crippen LogP contribution in [-0.4, -0.2) is 41.6 Å². The lowest BCUT2D eigenvalue weighted by atomic mass is 9.97. The fraction of sp³-hybridized carbons (Fsp3) is 0.450. The molecule has 2 aromatic rings. The minimum atomic E-state index is -0.236. The SMILES string of the molecule is CCOC(=O)C1CCCN(C(=O)c2ccccc2SCc2cc(C)no2)C1. The molecule has 3 rings (SSSR count). The van der Waals surface area contributed by atoms with Crippen molar-refractivity contribution in [1.82, 2.24) is 10.1 Å². The van der Waals surface area contributed by atoms with E-state index in [4.69, 9.17) is 9.26 Å². The Labute approximate surface area is 163 Å². The van der Waals surface area contributed by atoms with E-state index in [9.17, 15) is 9.59 Å². The van der Waals surface area contributed by atoms with Crippen LogP contribution >= 0.6 is 11.8 Å². The lowest BCUT2D eigenvalue weighted by molar-refractivity contribution is -0.149. The first-order chi connectivity index (χ1) is 13.1. The Morgan fingerprint density at radius 1 is 1.37 bits per heavy atom. The summed E-state index contributed by atoms with van der Waals surface area (Å²) < 4.78 is 10.4. The van der Waals surface area contributed by atoms with Crippen LogP contribution in [0.5, 0.6) is 0 Å². The third-order valence-electron chi connectivity index (χ3n) is 4.49. The summed E-state index contributed by atoms with van der Waals surface area (Å²) in [5.74, 6) is 0.898. The molecule has 1 amide bonds. The Bertz CT molecular complexity index is 805. The first-order valence-electron chi connectivity index (χ1n) is 9.18. The van der Waals surface area contributed by atoms with E-state index in [-0.39, 0.29) is 17.8 Å². The van der Waals surface area contributed by atoms with Crippen LogP contribution in [0.3, 0.4) is 0 Å². The smallest absolute Gasteiger partial charge is 0.310 e. The summed E-state index contributed by atoms with van der Waals surface area (Å²) in [6, 6.07) is 9.45. The molecule has 1 aliphatic heterocycles. The molecule has 1 unspecified atom stereocenters. The molecule has 1 aliphatic rings. The summed E-state index contributed by atoms with van der Waals surface area (Å²) in [7, 11) is 0. The van der Waals surface area contributed by atoms with Crippen LogP contribution in [0.15, 0.2) is 39.8 Å². The molecule has 0 bridgehead atoms. The molecule has 1 atom stereocenters. The van der Waals surface area contributed by atoms with Gasteiger partial charge >= 0.3 is 5.97 Å². The number of piperidine rings is 1. The largest absolute Gasteiger partial charge is 0.466 e. The van der Waals surface area contributed by atoms with Gasteiger partial charge in [0.25, 0.3) is 5.91 Å². The van der Waals surface area contributed by atoms with E-state index in [0.29, 0.717) is 31.0 Å². The van der Waals surface area contributed by atoms with Gasteiger partial charge in [-0.3, -0.25) is 9.59 Å². The van der Waals surface area contributed by atoms with E-state index in [2.05, 4.69) is 5.16 Å². The van der Waals surface area contributed by atoms with Crippen molar-refractivity contribution in [3.63, 3.8) is 0 Å². The van der Waals surface area contributed by atoms with Crippen LogP contribution < -0.4 is 0 Å². The number of esters is 1. The van der Waals surface area contributed by atoms with Gasteiger partial charge in [0.1, 0.15) is 5.76 Å². The van der Waals surface area contributed by atoms with Gasteiger partial charge in [0.15, 0.2) is 0 Å². The van der Waals surface area contributed by atoms with Crippen molar-refractivity contribution in [3.05, 3.63) is 47.3 Å². The molecule has 144 valence electrons. The van der Waals surface area contributed by atoms with Gasteiger partial charge in [0.05, 0.1) is 29.5 Å². The Kier molecular flexibility index (Phi) is 6.55. The van der Waals surface area contributed by atoms with Gasteiger partial charge in [-0.25, -0.2) is 0 Å². The molecule has 1 fully saturated rings. The molecule has 0 aliphatic carbocycles. The molecule has 0 radical (unpaired) electrons. The maximum Gasteiger partial charge on any atom is 0.310 e. The van der Waals surface area contributed by atoms with Crippen LogP contribution in [0.25, 0.3) is 0 Å². The van der Waals surface area contributed by atoms with E-state index < -0.39 is 0 Å². The maximum absolute atomic E-state index is 13.1. The highest BCUT2D eigenvalue weighted by Gasteiger charge is 2.30. The van der Waals surface area contributed by atoms with Crippen LogP contribution in [-0.2, 0) is 15.3 Å². The number of amides is 1. The van der Waals surface area contributed by atoms with Crippen LogP contribution in [0.1, 0.15) is 41.6 Å². The summed E-state index contributed by atoms with van der Waals surface area (Å²) in [5.41, 5.74) is 1.50. The highest BCUT2D eigenvalue weighted by atomic mass is 32.2. The number of ether oxygens (including phenoxy) is 1. The zero-order valence-electron chi connectivity index (χ0n) is 15.6. The second-order valence-corrected chi connectivity index (χ2v) is 7.58. The highest BCUT2D eigenvalue weighted by molar-refractivity contribution is 7.98. The Balaban J connectivity index is 1.69. The Hall–Kier alpha value is -2.28. The van der Waals surface area contributed by atoms with Gasteiger partial charge in [-0.15, -0.1) is 11.8 Å². The van der Waals surface area contributed by atoms with E-state index in [0.717, 1.165) is 29.2 Å². The molecule has 1 aromatic carbocycles. The van der Waals surface area contributed by atoms with Crippen molar-refractivity contribution in [2.45, 2.75) is 37.3 Å². The number of nitrogens with zero attached hydrogens (tertiary/aromatic N) is 2. The minimum Gasteiger partial charge on any atom is -0.466 e. The number of aryl methyl sites for hydroxylation is 1. The number of hydrogen-bond donors (Lipinski definition) is 0. The highest BCUT2D eigenvalue weighted by Crippen LogP contribution is 2.29. The maximum atomic E-state index is 13.1. The normalized spacial score (nSPS) is 17.0. The van der Waals surface area contributed by atoms with E-state index >= 15 is 0 Å². The van der Waals surface area contributed by atoms with Crippen molar-refractivity contribution in [2.24, 2.45) is 5.92 Å². The quantitative estimate of drug-likeness (QED) is 0.555. The summed E-state index contributed by atoms with van der Waals surface area (Å²) in [5, 5.41) is 3.89. The molecule has 27 heavy (non-hydrogen) atoms. The van der Waals surface area contributed by atoms with Crippen LogP contribution in [0.2, 0.25) is 0 Å². The molecule has 2 heterocycles. The zero-order chi connectivity index (χ0) is 19.2. The standard InChI is InChI=1S/C20H24N2O4S/c1-3-25-20(24)15-7-6-10-22(12-15)19(23)17-8-4-5-9-18(17)27-13-16-11-14(2)21-26-16/h4-5,8-9,11,15H,3,6-7,10,12-13H2,1-2H3. The number of hydrogen-bond acceptors (Lipinski definition) is 6. The third kappa shape index (κ3) is 4.91. The Morgan fingerprint density at radius 2 is 2.19 bits per heavy atom. The fourth-order valence-electron chi connectivity index (χ4n) is 3.19. The van der Waals surface area contributed by atoms with Crippen molar-refractivity contribution in [1.29, 1.82) is 0 Å². The van der Waals surface area contributed by atoms with Crippen molar-refractivity contribution < 1.29 is 18.8 Å². The zero-order valence-corrected chi connectivity index (χ0v) is 16.5. The number of likely N-dealkylation sites (tertiary alicyclic amines) is 1. The first-order valence-corrected chi connectivity index (χ1v) is 10.2. The number of carbonyl (C=O) groups is 2. The summed E-state index contributed by atoms with van der Waals surface area (Å²) in [4.78, 5) is 27.8. The topological polar surface area (TPSA) is 72.6 Å². The predicted molar refractivity (Wildman–Crippen MR) is 103 cm³/mol. The van der Waals surface area contributed by atoms with Crippen molar-refractivity contribution in [3.8, 4) is 0 Å². The lowest BCUT2D eigenvalue weighted by Gasteiger charge is -2.32. The van der Waals surface area contributed by atoms with Crippen LogP contribution in [0.4, 0.5) is 0 Å². The molecular formula is C20H24N2O4S. The van der Waals surface area contributed by atoms with Gasteiger partial charge < -0.3 is 14.2 Å². The van der Waals surface area contributed by atoms with E-state index in [1.54, 1.807) is 23.6 Å². The fourth-order valence-corrected chi connectivity index (χ4v) is 4.11. The molecule has 0 spiro atoms. The summed E-state index contributed by atoms with van der Waals surface area (Å²) >= 11 is 1.55. The molecule has 1 aromatic heterocycles. The molecule has 7 heteroatoms. The minimum absolute atomic E-state index is 0.0409. The van der Waals surface area contributed by atoms with Gasteiger partial charge in [0.2, 0.25) is 0 Å². The molecular weight excluding hydrogens is 364 g/mol. The predicted octanol–water partition coefficient (Wildman–Crippen LogP) is 3.69. The molecule has 1 saturated heterocycles. The van der Waals surface area contributed by atoms with Gasteiger partial charge in [-0.05, 0) is 38.8 Å². The monoisotopic (exact) mass is 388 g/mol. The average molecular weight is 388 g/mol. The molecule has 6 nitrogen and oxygen atoms in total. The second kappa shape index (κ2) is 9.08. The van der Waals surface area contributed by atoms with Gasteiger partial charge in [0, 0.05) is 24.1 Å².